The van der Waals surface area contributed by atoms with Crippen LogP contribution in [0.5, 0.6) is 0 Å². The molecule has 0 aliphatic heterocycles. The first-order valence-electron chi connectivity index (χ1n) is 7.99. The summed E-state index contributed by atoms with van der Waals surface area (Å²) in [6, 6.07) is 13.8. The van der Waals surface area contributed by atoms with E-state index in [1.165, 1.54) is 10.9 Å². The molecular weight excluding hydrogens is 382 g/mol. The van der Waals surface area contributed by atoms with Crippen molar-refractivity contribution in [2.75, 3.05) is 5.32 Å². The quantitative estimate of drug-likeness (QED) is 0.720. The SMILES string of the molecule is CC(C)C(C(=O)Nc1cccc(Br)c1)n1cnc2ccccc2c1=O. The Kier molecular flexibility index (Phi) is 4.99. The van der Waals surface area contributed by atoms with Crippen LogP contribution in [-0.4, -0.2) is 15.5 Å². The number of carbonyl (C=O) groups is 1. The zero-order valence-electron chi connectivity index (χ0n) is 13.9. The maximum atomic E-state index is 12.8. The maximum absolute atomic E-state index is 12.8. The molecule has 3 rings (SSSR count). The summed E-state index contributed by atoms with van der Waals surface area (Å²) in [7, 11) is 0. The van der Waals surface area contributed by atoms with Crippen molar-refractivity contribution in [3.8, 4) is 0 Å². The monoisotopic (exact) mass is 399 g/mol. The third kappa shape index (κ3) is 3.64. The summed E-state index contributed by atoms with van der Waals surface area (Å²) in [4.78, 5) is 30.0. The Morgan fingerprint density at radius 3 is 2.64 bits per heavy atom. The predicted molar refractivity (Wildman–Crippen MR) is 103 cm³/mol. The van der Waals surface area contributed by atoms with Gasteiger partial charge in [-0.1, -0.05) is 48.0 Å². The minimum atomic E-state index is -0.649. The molecule has 0 fully saturated rings. The molecular formula is C19H18BrN3O2. The number of hydrogen-bond acceptors (Lipinski definition) is 3. The second-order valence-corrected chi connectivity index (χ2v) is 7.08. The fourth-order valence-electron chi connectivity index (χ4n) is 2.81. The Labute approximate surface area is 153 Å². The molecule has 3 aromatic rings. The van der Waals surface area contributed by atoms with Crippen molar-refractivity contribution in [3.05, 3.63) is 69.7 Å². The molecule has 1 atom stereocenters. The van der Waals surface area contributed by atoms with Crippen molar-refractivity contribution >= 4 is 38.4 Å². The molecule has 6 heteroatoms. The second kappa shape index (κ2) is 7.19. The molecule has 0 aliphatic rings. The molecule has 1 amide bonds. The van der Waals surface area contributed by atoms with E-state index in [9.17, 15) is 9.59 Å². The highest BCUT2D eigenvalue weighted by atomic mass is 79.9. The molecule has 0 radical (unpaired) electrons. The number of rotatable bonds is 4. The lowest BCUT2D eigenvalue weighted by atomic mass is 10.0. The van der Waals surface area contributed by atoms with Crippen molar-refractivity contribution in [3.63, 3.8) is 0 Å². The molecule has 128 valence electrons. The predicted octanol–water partition coefficient (Wildman–Crippen LogP) is 3.99. The average molecular weight is 400 g/mol. The molecule has 25 heavy (non-hydrogen) atoms. The Bertz CT molecular complexity index is 982. The van der Waals surface area contributed by atoms with E-state index in [2.05, 4.69) is 26.2 Å². The first-order chi connectivity index (χ1) is 12.0. The second-order valence-electron chi connectivity index (χ2n) is 6.16. The molecule has 1 heterocycles. The van der Waals surface area contributed by atoms with Crippen LogP contribution in [0.4, 0.5) is 5.69 Å². The molecule has 1 N–H and O–H groups in total. The van der Waals surface area contributed by atoms with Crippen molar-refractivity contribution in [2.45, 2.75) is 19.9 Å². The highest BCUT2D eigenvalue weighted by Gasteiger charge is 2.26. The molecule has 0 bridgehead atoms. The van der Waals surface area contributed by atoms with Crippen LogP contribution < -0.4 is 10.9 Å². The number of nitrogens with one attached hydrogen (secondary N) is 1. The lowest BCUT2D eigenvalue weighted by molar-refractivity contribution is -0.120. The third-order valence-electron chi connectivity index (χ3n) is 3.98. The van der Waals surface area contributed by atoms with Gasteiger partial charge in [-0.2, -0.15) is 0 Å². The Hall–Kier alpha value is -2.47. The Balaban J connectivity index is 2.00. The van der Waals surface area contributed by atoms with Crippen LogP contribution in [0.2, 0.25) is 0 Å². The van der Waals surface area contributed by atoms with Crippen molar-refractivity contribution in [1.29, 1.82) is 0 Å². The number of halogens is 1. The smallest absolute Gasteiger partial charge is 0.261 e. The lowest BCUT2D eigenvalue weighted by Crippen LogP contribution is -2.36. The van der Waals surface area contributed by atoms with Gasteiger partial charge >= 0.3 is 0 Å². The molecule has 0 saturated heterocycles. The summed E-state index contributed by atoms with van der Waals surface area (Å²) in [5.74, 6) is -0.319. The number of nitrogens with zero attached hydrogens (tertiary/aromatic N) is 2. The van der Waals surface area contributed by atoms with E-state index in [0.717, 1.165) is 4.47 Å². The average Bonchev–Trinajstić information content (AvgIpc) is 2.57. The summed E-state index contributed by atoms with van der Waals surface area (Å²) in [5, 5.41) is 3.39. The first-order valence-corrected chi connectivity index (χ1v) is 8.79. The number of para-hydroxylation sites is 1. The van der Waals surface area contributed by atoms with Gasteiger partial charge in [0, 0.05) is 10.2 Å². The number of anilines is 1. The maximum Gasteiger partial charge on any atom is 0.261 e. The van der Waals surface area contributed by atoms with Crippen LogP contribution in [0.15, 0.2) is 64.1 Å². The van der Waals surface area contributed by atoms with Crippen molar-refractivity contribution in [1.82, 2.24) is 9.55 Å². The third-order valence-corrected chi connectivity index (χ3v) is 4.48. The van der Waals surface area contributed by atoms with Gasteiger partial charge < -0.3 is 5.32 Å². The van der Waals surface area contributed by atoms with E-state index < -0.39 is 6.04 Å². The largest absolute Gasteiger partial charge is 0.324 e. The number of aromatic nitrogens is 2. The Morgan fingerprint density at radius 2 is 1.92 bits per heavy atom. The van der Waals surface area contributed by atoms with E-state index in [0.29, 0.717) is 16.6 Å². The summed E-state index contributed by atoms with van der Waals surface area (Å²) in [6.07, 6.45) is 1.45. The lowest BCUT2D eigenvalue weighted by Gasteiger charge is -2.22. The van der Waals surface area contributed by atoms with Gasteiger partial charge in [0.1, 0.15) is 6.04 Å². The van der Waals surface area contributed by atoms with Crippen LogP contribution in [0.25, 0.3) is 10.9 Å². The van der Waals surface area contributed by atoms with Gasteiger partial charge in [-0.3, -0.25) is 14.2 Å². The van der Waals surface area contributed by atoms with Gasteiger partial charge in [0.25, 0.3) is 5.56 Å². The topological polar surface area (TPSA) is 64.0 Å². The fraction of sp³-hybridized carbons (Fsp3) is 0.211. The molecule has 2 aromatic carbocycles. The zero-order valence-corrected chi connectivity index (χ0v) is 15.5. The summed E-state index contributed by atoms with van der Waals surface area (Å²) in [6.45, 7) is 3.82. The van der Waals surface area contributed by atoms with Crippen molar-refractivity contribution < 1.29 is 4.79 Å². The standard InChI is InChI=1S/C19H18BrN3O2/c1-12(2)17(18(24)22-14-7-5-6-13(20)10-14)23-11-21-16-9-4-3-8-15(16)19(23)25/h3-12,17H,1-2H3,(H,22,24). The fourth-order valence-corrected chi connectivity index (χ4v) is 3.21. The van der Waals surface area contributed by atoms with E-state index in [-0.39, 0.29) is 17.4 Å². The number of fused-ring (bicyclic) bond motifs is 1. The van der Waals surface area contributed by atoms with Crippen LogP contribution in [0, 0.1) is 5.92 Å². The molecule has 1 unspecified atom stereocenters. The molecule has 0 saturated carbocycles. The summed E-state index contributed by atoms with van der Waals surface area (Å²) < 4.78 is 2.29. The van der Waals surface area contributed by atoms with Crippen LogP contribution >= 0.6 is 15.9 Å². The highest BCUT2D eigenvalue weighted by Crippen LogP contribution is 2.21. The van der Waals surface area contributed by atoms with E-state index in [1.807, 2.05) is 44.2 Å². The first kappa shape index (κ1) is 17.4. The number of carbonyl (C=O) groups excluding carboxylic acids is 1. The van der Waals surface area contributed by atoms with Crippen molar-refractivity contribution in [2.24, 2.45) is 5.92 Å². The van der Waals surface area contributed by atoms with E-state index in [1.54, 1.807) is 18.2 Å². The van der Waals surface area contributed by atoms with Crippen LogP contribution in [-0.2, 0) is 4.79 Å². The van der Waals surface area contributed by atoms with E-state index in [4.69, 9.17) is 0 Å². The van der Waals surface area contributed by atoms with Gasteiger partial charge in [-0.15, -0.1) is 0 Å². The number of hydrogen-bond donors (Lipinski definition) is 1. The minimum absolute atomic E-state index is 0.0761. The minimum Gasteiger partial charge on any atom is -0.324 e. The highest BCUT2D eigenvalue weighted by molar-refractivity contribution is 9.10. The van der Waals surface area contributed by atoms with Gasteiger partial charge in [0.2, 0.25) is 5.91 Å². The van der Waals surface area contributed by atoms with Crippen LogP contribution in [0.3, 0.4) is 0 Å². The Morgan fingerprint density at radius 1 is 1.16 bits per heavy atom. The molecule has 1 aromatic heterocycles. The summed E-state index contributed by atoms with van der Waals surface area (Å²) in [5.41, 5.74) is 1.08. The van der Waals surface area contributed by atoms with E-state index >= 15 is 0 Å². The van der Waals surface area contributed by atoms with Gasteiger partial charge in [0.15, 0.2) is 0 Å². The van der Waals surface area contributed by atoms with Gasteiger partial charge in [0.05, 0.1) is 17.2 Å². The number of benzene rings is 2. The van der Waals surface area contributed by atoms with Gasteiger partial charge in [-0.05, 0) is 36.2 Å². The zero-order chi connectivity index (χ0) is 18.0. The van der Waals surface area contributed by atoms with Crippen LogP contribution in [0.1, 0.15) is 19.9 Å². The molecule has 5 nitrogen and oxygen atoms in total. The molecule has 0 aliphatic carbocycles. The van der Waals surface area contributed by atoms with Gasteiger partial charge in [-0.25, -0.2) is 4.98 Å². The normalized spacial score (nSPS) is 12.3. The summed E-state index contributed by atoms with van der Waals surface area (Å²) >= 11 is 3.39. The molecule has 0 spiro atoms. The number of amides is 1.